The van der Waals surface area contributed by atoms with E-state index in [1.54, 1.807) is 0 Å². The fourth-order valence-electron chi connectivity index (χ4n) is 0.421. The van der Waals surface area contributed by atoms with Gasteiger partial charge in [0, 0.05) is 0 Å². The van der Waals surface area contributed by atoms with Gasteiger partial charge in [0.1, 0.15) is 6.61 Å². The predicted octanol–water partition coefficient (Wildman–Crippen LogP) is -2.93. The molecule has 0 aliphatic rings. The molecule has 0 bridgehead atoms. The minimum absolute atomic E-state index is 0. The zero-order valence-corrected chi connectivity index (χ0v) is 6.68. The molecule has 16 heavy (non-hydrogen) atoms. The van der Waals surface area contributed by atoms with E-state index in [1.165, 1.54) is 0 Å². The first-order chi connectivity index (χ1) is 5.80. The topological polar surface area (TPSA) is 121 Å². The molecule has 0 aliphatic heterocycles. The number of rotatable bonds is 5. The van der Waals surface area contributed by atoms with E-state index >= 15 is 0 Å². The Balaban J connectivity index is -0.000000240. The third-order valence-corrected chi connectivity index (χ3v) is 1.30. The van der Waals surface area contributed by atoms with Gasteiger partial charge in [0.25, 0.3) is 5.60 Å². The van der Waals surface area contributed by atoms with Crippen LogP contribution in [0.15, 0.2) is 0 Å². The van der Waals surface area contributed by atoms with Gasteiger partial charge in [0.15, 0.2) is 0 Å². The van der Waals surface area contributed by atoms with Gasteiger partial charge in [-0.15, -0.1) is 0 Å². The average molecular weight is 264 g/mol. The summed E-state index contributed by atoms with van der Waals surface area (Å²) >= 11 is 0. The number of hydrogen-bond acceptors (Lipinski definition) is 4. The summed E-state index contributed by atoms with van der Waals surface area (Å²) in [4.78, 5) is 30.7. The molecule has 0 rings (SSSR count). The third kappa shape index (κ3) is 8.46. The van der Waals surface area contributed by atoms with E-state index in [2.05, 4.69) is 4.74 Å². The summed E-state index contributed by atoms with van der Waals surface area (Å²) in [5.74, 6) is -4.93. The van der Waals surface area contributed by atoms with Gasteiger partial charge in [-0.05, 0) is 6.92 Å². The molecule has 0 amide bonds. The molecule has 0 atom stereocenters. The van der Waals surface area contributed by atoms with Crippen LogP contribution in [0.1, 0.15) is 6.92 Å². The summed E-state index contributed by atoms with van der Waals surface area (Å²) in [6.45, 7) is -0.213. The molecule has 10 heteroatoms. The molecule has 0 aromatic rings. The first kappa shape index (κ1) is 26.0. The quantitative estimate of drug-likeness (QED) is 0.359. The molecule has 80 valence electrons. The van der Waals surface area contributed by atoms with Crippen LogP contribution in [0.25, 0.3) is 0 Å². The third-order valence-electron chi connectivity index (χ3n) is 1.30. The Bertz CT molecular complexity index is 241. The fourth-order valence-corrected chi connectivity index (χ4v) is 0.421. The van der Waals surface area contributed by atoms with Gasteiger partial charge in [-0.2, -0.15) is 0 Å². The molecule has 0 radical (unpaired) electrons. The molecular formula is C6H11Na3O7. The SMILES string of the molecule is CC(OCC(=O)O)(C(=O)O)C(=O)O.[NaH].[NaH].[NaH]. The maximum absolute atomic E-state index is 10.4. The molecule has 0 spiro atoms. The monoisotopic (exact) mass is 264 g/mol. The van der Waals surface area contributed by atoms with Crippen LogP contribution in [0.2, 0.25) is 0 Å². The second-order valence-corrected chi connectivity index (χ2v) is 2.33. The second-order valence-electron chi connectivity index (χ2n) is 2.33. The van der Waals surface area contributed by atoms with Gasteiger partial charge in [0.05, 0.1) is 0 Å². The van der Waals surface area contributed by atoms with Crippen LogP contribution in [0.4, 0.5) is 0 Å². The predicted molar refractivity (Wildman–Crippen MR) is 58.7 cm³/mol. The van der Waals surface area contributed by atoms with Crippen LogP contribution in [0, 0.1) is 0 Å². The van der Waals surface area contributed by atoms with Crippen LogP contribution in [0.3, 0.4) is 0 Å². The number of carbonyl (C=O) groups is 3. The van der Waals surface area contributed by atoms with Crippen molar-refractivity contribution in [3.63, 3.8) is 0 Å². The molecular weight excluding hydrogens is 253 g/mol. The summed E-state index contributed by atoms with van der Waals surface area (Å²) in [7, 11) is 0. The number of aliphatic carboxylic acids is 3. The van der Waals surface area contributed by atoms with Crippen molar-refractivity contribution < 1.29 is 34.4 Å². The first-order valence-electron chi connectivity index (χ1n) is 3.13. The van der Waals surface area contributed by atoms with E-state index in [0.29, 0.717) is 0 Å². The van der Waals surface area contributed by atoms with Gasteiger partial charge in [-0.3, -0.25) is 0 Å². The van der Waals surface area contributed by atoms with Crippen LogP contribution in [-0.2, 0) is 19.1 Å². The molecule has 0 aliphatic carbocycles. The van der Waals surface area contributed by atoms with Crippen molar-refractivity contribution in [1.29, 1.82) is 0 Å². The number of carboxylic acids is 3. The zero-order valence-electron chi connectivity index (χ0n) is 6.68. The number of hydrogen-bond donors (Lipinski definition) is 3. The van der Waals surface area contributed by atoms with E-state index in [4.69, 9.17) is 15.3 Å². The molecule has 0 fully saturated rings. The van der Waals surface area contributed by atoms with Crippen LogP contribution in [-0.4, -0.2) is 134 Å². The van der Waals surface area contributed by atoms with Crippen molar-refractivity contribution in [3.8, 4) is 0 Å². The minimum atomic E-state index is -2.52. The number of carboxylic acid groups (broad SMARTS) is 3. The van der Waals surface area contributed by atoms with E-state index in [9.17, 15) is 14.4 Å². The standard InChI is InChI=1S/C6H8O7.3Na.3H/c1-6(4(9)10,5(11)12)13-2-3(7)8;;;;;;/h2H2,1H3,(H,7,8)(H,9,10)(H,11,12);;;;;;. The molecule has 0 saturated carbocycles. The molecule has 0 saturated heterocycles. The molecule has 7 nitrogen and oxygen atoms in total. The van der Waals surface area contributed by atoms with E-state index < -0.39 is 30.1 Å². The Labute approximate surface area is 158 Å². The Morgan fingerprint density at radius 2 is 1.31 bits per heavy atom. The van der Waals surface area contributed by atoms with Crippen molar-refractivity contribution in [3.05, 3.63) is 0 Å². The van der Waals surface area contributed by atoms with Crippen LogP contribution in [0.5, 0.6) is 0 Å². The van der Waals surface area contributed by atoms with Gasteiger partial charge >= 0.3 is 107 Å². The summed E-state index contributed by atoms with van der Waals surface area (Å²) in [6, 6.07) is 0. The van der Waals surface area contributed by atoms with Crippen molar-refractivity contribution in [2.45, 2.75) is 12.5 Å². The Hall–Kier alpha value is 1.37. The second kappa shape index (κ2) is 11.5. The van der Waals surface area contributed by atoms with Gasteiger partial charge in [0.2, 0.25) is 0 Å². The van der Waals surface area contributed by atoms with E-state index in [-0.39, 0.29) is 88.7 Å². The molecule has 0 unspecified atom stereocenters. The summed E-state index contributed by atoms with van der Waals surface area (Å²) in [5, 5.41) is 25.0. The maximum atomic E-state index is 10.4. The molecule has 0 aromatic carbocycles. The van der Waals surface area contributed by atoms with Crippen molar-refractivity contribution in [2.75, 3.05) is 6.61 Å². The fraction of sp³-hybridized carbons (Fsp3) is 0.500. The van der Waals surface area contributed by atoms with Crippen molar-refractivity contribution >= 4 is 107 Å². The van der Waals surface area contributed by atoms with Gasteiger partial charge in [-0.25, -0.2) is 14.4 Å². The molecule has 3 N–H and O–H groups in total. The van der Waals surface area contributed by atoms with Gasteiger partial charge < -0.3 is 20.1 Å². The average Bonchev–Trinajstić information content (AvgIpc) is 1.99. The zero-order chi connectivity index (χ0) is 10.6. The summed E-state index contributed by atoms with van der Waals surface area (Å²) < 4.78 is 4.22. The Morgan fingerprint density at radius 1 is 1.00 bits per heavy atom. The molecule has 0 aromatic heterocycles. The first-order valence-corrected chi connectivity index (χ1v) is 3.13. The number of ether oxygens (including phenoxy) is 1. The molecule has 0 heterocycles. The van der Waals surface area contributed by atoms with Crippen LogP contribution < -0.4 is 0 Å². The van der Waals surface area contributed by atoms with Gasteiger partial charge in [-0.1, -0.05) is 0 Å². The normalized spacial score (nSPS) is 8.81. The van der Waals surface area contributed by atoms with E-state index in [1.807, 2.05) is 0 Å². The van der Waals surface area contributed by atoms with E-state index in [0.717, 1.165) is 6.92 Å². The summed E-state index contributed by atoms with van der Waals surface area (Å²) in [5.41, 5.74) is -2.52. The van der Waals surface area contributed by atoms with Crippen LogP contribution >= 0.6 is 0 Å². The Morgan fingerprint density at radius 3 is 1.50 bits per heavy atom. The summed E-state index contributed by atoms with van der Waals surface area (Å²) in [6.07, 6.45) is 0. The Kier molecular flexibility index (Phi) is 18.7. The van der Waals surface area contributed by atoms with Crippen molar-refractivity contribution in [2.24, 2.45) is 0 Å². The van der Waals surface area contributed by atoms with Crippen molar-refractivity contribution in [1.82, 2.24) is 0 Å².